The van der Waals surface area contributed by atoms with Gasteiger partial charge in [-0.3, -0.25) is 9.59 Å². The summed E-state index contributed by atoms with van der Waals surface area (Å²) in [5, 5.41) is 36.6. The van der Waals surface area contributed by atoms with E-state index < -0.39 is 13.2 Å². The van der Waals surface area contributed by atoms with Gasteiger partial charge in [0.25, 0.3) is 0 Å². The van der Waals surface area contributed by atoms with E-state index in [4.69, 9.17) is 0 Å². The summed E-state index contributed by atoms with van der Waals surface area (Å²) in [6.07, 6.45) is 14.8. The molecule has 290 valence electrons. The van der Waals surface area contributed by atoms with Crippen LogP contribution in [-0.4, -0.2) is 59.8 Å². The first-order valence-corrected chi connectivity index (χ1v) is 20.9. The second-order valence-electron chi connectivity index (χ2n) is 17.8. The minimum atomic E-state index is -1.62. The van der Waals surface area contributed by atoms with Gasteiger partial charge in [0.1, 0.15) is 0 Å². The molecule has 4 fully saturated rings. The summed E-state index contributed by atoms with van der Waals surface area (Å²) in [4.78, 5) is 28.6. The number of benzene rings is 2. The van der Waals surface area contributed by atoms with E-state index in [0.717, 1.165) is 55.5 Å². The van der Waals surface area contributed by atoms with Gasteiger partial charge in [0, 0.05) is 18.7 Å². The van der Waals surface area contributed by atoms with Crippen molar-refractivity contribution in [2.75, 3.05) is 18.5 Å². The molecule has 2 amide bonds. The Morgan fingerprint density at radius 1 is 0.887 bits per heavy atom. The molecule has 0 heterocycles. The van der Waals surface area contributed by atoms with Gasteiger partial charge in [0.05, 0.1) is 18.7 Å². The van der Waals surface area contributed by atoms with E-state index in [1.165, 1.54) is 44.9 Å². The lowest BCUT2D eigenvalue weighted by atomic mass is 9.44. The average molecular weight is 728 g/mol. The number of para-hydroxylation sites is 1. The third-order valence-corrected chi connectivity index (χ3v) is 15.1. The summed E-state index contributed by atoms with van der Waals surface area (Å²) in [5.74, 6) is 4.44. The SMILES string of the molecule is CNC(CCCCNC(=O)CCC(C)C1CCC2C3CCC4CC(O)CC[C@@]4(C)C3CC[C@@]12C)C(=O)N(Cc1ccccc1B(O)O)c1ccccc1. The van der Waals surface area contributed by atoms with Gasteiger partial charge >= 0.3 is 7.12 Å². The van der Waals surface area contributed by atoms with Crippen molar-refractivity contribution in [3.8, 4) is 0 Å². The van der Waals surface area contributed by atoms with E-state index >= 15 is 0 Å². The highest BCUT2D eigenvalue weighted by Crippen LogP contribution is 2.68. The van der Waals surface area contributed by atoms with Gasteiger partial charge in [-0.15, -0.1) is 0 Å². The number of unbranched alkanes of at least 4 members (excludes halogenated alkanes) is 1. The highest BCUT2D eigenvalue weighted by molar-refractivity contribution is 6.59. The van der Waals surface area contributed by atoms with Crippen LogP contribution in [0.15, 0.2) is 54.6 Å². The quantitative estimate of drug-likeness (QED) is 0.110. The molecule has 4 aliphatic carbocycles. The Balaban J connectivity index is 0.949. The Labute approximate surface area is 319 Å². The zero-order valence-corrected chi connectivity index (χ0v) is 32.8. The number of hydrogen-bond acceptors (Lipinski definition) is 6. The largest absolute Gasteiger partial charge is 0.488 e. The van der Waals surface area contributed by atoms with E-state index in [-0.39, 0.29) is 24.5 Å². The van der Waals surface area contributed by atoms with E-state index in [1.807, 2.05) is 42.5 Å². The third-order valence-electron chi connectivity index (χ3n) is 15.1. The fourth-order valence-corrected chi connectivity index (χ4v) is 12.1. The van der Waals surface area contributed by atoms with Crippen molar-refractivity contribution in [3.05, 3.63) is 60.2 Å². The van der Waals surface area contributed by atoms with Crippen LogP contribution in [0.25, 0.3) is 0 Å². The molecule has 8 unspecified atom stereocenters. The van der Waals surface area contributed by atoms with Crippen LogP contribution in [0.3, 0.4) is 0 Å². The molecule has 2 aromatic carbocycles. The first kappa shape index (κ1) is 40.0. The summed E-state index contributed by atoms with van der Waals surface area (Å²) in [5.41, 5.74) is 2.61. The summed E-state index contributed by atoms with van der Waals surface area (Å²) >= 11 is 0. The molecule has 4 saturated carbocycles. The van der Waals surface area contributed by atoms with E-state index in [2.05, 4.69) is 31.4 Å². The number of anilines is 1. The minimum Gasteiger partial charge on any atom is -0.423 e. The number of aliphatic hydroxyl groups excluding tert-OH is 1. The number of aliphatic hydroxyl groups is 1. The number of nitrogens with zero attached hydrogens (tertiary/aromatic N) is 1. The molecular formula is C44H66BN3O5. The van der Waals surface area contributed by atoms with Crippen LogP contribution in [0.1, 0.15) is 116 Å². The molecular weight excluding hydrogens is 661 g/mol. The summed E-state index contributed by atoms with van der Waals surface area (Å²) < 4.78 is 0. The predicted octanol–water partition coefficient (Wildman–Crippen LogP) is 6.21. The maximum Gasteiger partial charge on any atom is 0.488 e. The number of hydrogen-bond donors (Lipinski definition) is 5. The third kappa shape index (κ3) is 8.59. The van der Waals surface area contributed by atoms with Crippen molar-refractivity contribution in [1.29, 1.82) is 0 Å². The van der Waals surface area contributed by atoms with E-state index in [9.17, 15) is 24.7 Å². The lowest BCUT2D eigenvalue weighted by Gasteiger charge is -2.61. The van der Waals surface area contributed by atoms with Crippen molar-refractivity contribution < 1.29 is 24.7 Å². The molecule has 0 saturated heterocycles. The number of nitrogens with one attached hydrogen (secondary N) is 2. The number of fused-ring (bicyclic) bond motifs is 5. The molecule has 2 aromatic rings. The predicted molar refractivity (Wildman–Crippen MR) is 213 cm³/mol. The summed E-state index contributed by atoms with van der Waals surface area (Å²) in [6.45, 7) is 8.39. The zero-order chi connectivity index (χ0) is 37.8. The number of likely N-dealkylation sites (N-methyl/N-ethyl adjacent to an activating group) is 1. The van der Waals surface area contributed by atoms with Gasteiger partial charge < -0.3 is 30.7 Å². The number of rotatable bonds is 15. The minimum absolute atomic E-state index is 0.0778. The molecule has 0 aliphatic heterocycles. The Kier molecular flexibility index (Phi) is 13.1. The topological polar surface area (TPSA) is 122 Å². The van der Waals surface area contributed by atoms with Crippen LogP contribution >= 0.6 is 0 Å². The Hall–Kier alpha value is -2.72. The van der Waals surface area contributed by atoms with Crippen molar-refractivity contribution in [2.45, 2.75) is 129 Å². The molecule has 10 atom stereocenters. The van der Waals surface area contributed by atoms with Gasteiger partial charge in [-0.2, -0.15) is 0 Å². The second-order valence-corrected chi connectivity index (χ2v) is 17.8. The van der Waals surface area contributed by atoms with Gasteiger partial charge in [0.15, 0.2) is 0 Å². The molecule has 0 aromatic heterocycles. The molecule has 6 rings (SSSR count). The molecule has 53 heavy (non-hydrogen) atoms. The van der Waals surface area contributed by atoms with Gasteiger partial charge in [-0.05, 0) is 160 Å². The second kappa shape index (κ2) is 17.4. The smallest absolute Gasteiger partial charge is 0.423 e. The van der Waals surface area contributed by atoms with E-state index in [1.54, 1.807) is 24.1 Å². The summed E-state index contributed by atoms with van der Waals surface area (Å²) in [6, 6.07) is 16.1. The standard InChI is InChI=1S/C44H66BN3O5/c1-30(36-20-21-37-35-19-18-32-28-34(49)23-25-43(32,2)38(35)24-26-44(36,37)3)17-22-41(50)47-27-11-10-16-40(46-4)42(51)48(33-13-6-5-7-14-33)29-31-12-8-9-15-39(31)45(52)53/h5-9,12-15,30,32,34-38,40,46,49,52-53H,10-11,16-29H2,1-4H3,(H,47,50)/t30?,32?,34?,35?,36?,37?,38?,40?,43-,44+/m1/s1. The monoisotopic (exact) mass is 728 g/mol. The lowest BCUT2D eigenvalue weighted by molar-refractivity contribution is -0.129. The molecule has 5 N–H and O–H groups in total. The highest BCUT2D eigenvalue weighted by Gasteiger charge is 2.60. The fourth-order valence-electron chi connectivity index (χ4n) is 12.1. The fraction of sp³-hybridized carbons (Fsp3) is 0.682. The van der Waals surface area contributed by atoms with Crippen LogP contribution in [0.4, 0.5) is 5.69 Å². The molecule has 0 bridgehead atoms. The Morgan fingerprint density at radius 3 is 2.36 bits per heavy atom. The number of carbonyl (C=O) groups excluding carboxylic acids is 2. The van der Waals surface area contributed by atoms with Gasteiger partial charge in [-0.25, -0.2) is 0 Å². The summed E-state index contributed by atoms with van der Waals surface area (Å²) in [7, 11) is 0.176. The maximum absolute atomic E-state index is 13.9. The van der Waals surface area contributed by atoms with E-state index in [0.29, 0.717) is 59.0 Å². The number of carbonyl (C=O) groups is 2. The molecule has 0 spiro atoms. The molecule has 9 heteroatoms. The molecule has 4 aliphatic rings. The number of amides is 2. The average Bonchev–Trinajstić information content (AvgIpc) is 3.52. The normalized spacial score (nSPS) is 31.8. The Morgan fingerprint density at radius 2 is 1.60 bits per heavy atom. The van der Waals surface area contributed by atoms with Crippen LogP contribution < -0.4 is 21.0 Å². The van der Waals surface area contributed by atoms with Crippen LogP contribution in [0.5, 0.6) is 0 Å². The van der Waals surface area contributed by atoms with Crippen molar-refractivity contribution >= 4 is 30.1 Å². The van der Waals surface area contributed by atoms with Crippen molar-refractivity contribution in [2.24, 2.45) is 46.3 Å². The van der Waals surface area contributed by atoms with Gasteiger partial charge in [-0.1, -0.05) is 63.2 Å². The maximum atomic E-state index is 13.9. The van der Waals surface area contributed by atoms with Crippen LogP contribution in [0, 0.1) is 46.3 Å². The van der Waals surface area contributed by atoms with Gasteiger partial charge in [0.2, 0.25) is 11.8 Å². The van der Waals surface area contributed by atoms with Crippen LogP contribution in [0.2, 0.25) is 0 Å². The van der Waals surface area contributed by atoms with Crippen molar-refractivity contribution in [1.82, 2.24) is 10.6 Å². The van der Waals surface area contributed by atoms with Crippen LogP contribution in [-0.2, 0) is 16.1 Å². The highest BCUT2D eigenvalue weighted by atomic mass is 16.4. The lowest BCUT2D eigenvalue weighted by Crippen LogP contribution is -2.54. The van der Waals surface area contributed by atoms with Crippen molar-refractivity contribution in [3.63, 3.8) is 0 Å². The molecule has 0 radical (unpaired) electrons. The first-order valence-electron chi connectivity index (χ1n) is 20.9. The molecule has 8 nitrogen and oxygen atoms in total. The first-order chi connectivity index (χ1) is 25.5. The zero-order valence-electron chi connectivity index (χ0n) is 32.8. The Bertz CT molecular complexity index is 1530.